The lowest BCUT2D eigenvalue weighted by Crippen LogP contribution is -2.18. The number of fused-ring (bicyclic) bond motifs is 2. The molecule has 6 nitrogen and oxygen atoms in total. The minimum absolute atomic E-state index is 0.00248. The molecule has 1 saturated carbocycles. The second-order valence-electron chi connectivity index (χ2n) is 7.73. The molecule has 0 bridgehead atoms. The Kier molecular flexibility index (Phi) is 4.00. The molecule has 146 valence electrons. The van der Waals surface area contributed by atoms with Crippen molar-refractivity contribution in [1.82, 2.24) is 5.16 Å². The van der Waals surface area contributed by atoms with Crippen molar-refractivity contribution in [3.05, 3.63) is 41.0 Å². The van der Waals surface area contributed by atoms with Gasteiger partial charge in [0.25, 0.3) is 0 Å². The van der Waals surface area contributed by atoms with Crippen LogP contribution in [-0.4, -0.2) is 20.7 Å². The van der Waals surface area contributed by atoms with Crippen LogP contribution in [0, 0.1) is 0 Å². The van der Waals surface area contributed by atoms with Crippen LogP contribution in [0.4, 0.5) is 0 Å². The second kappa shape index (κ2) is 6.32. The number of nitrogens with zero attached hydrogens (tertiary/aromatic N) is 1. The number of benzene rings is 2. The average molecular weight is 398 g/mol. The molecule has 0 radical (unpaired) electrons. The standard InChI is InChI=1S/C21H22N2O4S/c1-26-18-11-14-4-2-3-5-15(14)19(21(18)28(22,24)25)20-16-10-13(12-6-7-12)8-9-17(16)27-23-20/h8-12H,2-7H2,1H3,(H2,22,24,25). The Balaban J connectivity index is 1.86. The number of ether oxygens (including phenoxy) is 1. The third-order valence-electron chi connectivity index (χ3n) is 5.85. The monoisotopic (exact) mass is 398 g/mol. The Morgan fingerprint density at radius 3 is 2.68 bits per heavy atom. The zero-order valence-electron chi connectivity index (χ0n) is 15.7. The minimum atomic E-state index is -4.03. The van der Waals surface area contributed by atoms with Crippen LogP contribution in [0.1, 0.15) is 48.3 Å². The summed E-state index contributed by atoms with van der Waals surface area (Å²) in [4.78, 5) is 0.00248. The van der Waals surface area contributed by atoms with Gasteiger partial charge in [-0.15, -0.1) is 0 Å². The van der Waals surface area contributed by atoms with Gasteiger partial charge in [0.2, 0.25) is 10.0 Å². The van der Waals surface area contributed by atoms with E-state index in [0.29, 0.717) is 22.8 Å². The maximum Gasteiger partial charge on any atom is 0.242 e. The Morgan fingerprint density at radius 2 is 1.96 bits per heavy atom. The average Bonchev–Trinajstić information content (AvgIpc) is 3.45. The van der Waals surface area contributed by atoms with Crippen LogP contribution >= 0.6 is 0 Å². The van der Waals surface area contributed by atoms with Crippen LogP contribution in [0.3, 0.4) is 0 Å². The SMILES string of the molecule is COc1cc2c(c(-c3noc4ccc(C5CC5)cc34)c1S(N)(=O)=O)CCCC2. The molecule has 28 heavy (non-hydrogen) atoms. The number of hydrogen-bond acceptors (Lipinski definition) is 5. The van der Waals surface area contributed by atoms with E-state index < -0.39 is 10.0 Å². The number of sulfonamides is 1. The first-order valence-electron chi connectivity index (χ1n) is 9.62. The van der Waals surface area contributed by atoms with E-state index in [1.54, 1.807) is 0 Å². The lowest BCUT2D eigenvalue weighted by atomic mass is 9.86. The summed E-state index contributed by atoms with van der Waals surface area (Å²) in [6, 6.07) is 7.88. The quantitative estimate of drug-likeness (QED) is 0.719. The molecular weight excluding hydrogens is 376 g/mol. The van der Waals surface area contributed by atoms with E-state index in [1.165, 1.54) is 25.5 Å². The van der Waals surface area contributed by atoms with E-state index >= 15 is 0 Å². The van der Waals surface area contributed by atoms with E-state index in [2.05, 4.69) is 17.3 Å². The summed E-state index contributed by atoms with van der Waals surface area (Å²) in [7, 11) is -2.56. The summed E-state index contributed by atoms with van der Waals surface area (Å²) in [5.74, 6) is 0.844. The molecule has 2 aromatic carbocycles. The van der Waals surface area contributed by atoms with Crippen molar-refractivity contribution in [3.63, 3.8) is 0 Å². The van der Waals surface area contributed by atoms with Crippen molar-refractivity contribution in [2.24, 2.45) is 5.14 Å². The molecular formula is C21H22N2O4S. The molecule has 0 unspecified atom stereocenters. The second-order valence-corrected chi connectivity index (χ2v) is 9.23. The van der Waals surface area contributed by atoms with E-state index in [1.807, 2.05) is 12.1 Å². The highest BCUT2D eigenvalue weighted by Gasteiger charge is 2.31. The molecule has 1 fully saturated rings. The van der Waals surface area contributed by atoms with Gasteiger partial charge in [-0.05, 0) is 79.3 Å². The molecule has 5 rings (SSSR count). The number of methoxy groups -OCH3 is 1. The molecule has 2 aliphatic carbocycles. The van der Waals surface area contributed by atoms with Gasteiger partial charge in [0.15, 0.2) is 5.58 Å². The third-order valence-corrected chi connectivity index (χ3v) is 6.83. The number of rotatable bonds is 4. The third kappa shape index (κ3) is 2.81. The molecule has 0 aliphatic heterocycles. The Morgan fingerprint density at radius 1 is 1.18 bits per heavy atom. The van der Waals surface area contributed by atoms with Crippen molar-refractivity contribution >= 4 is 21.0 Å². The summed E-state index contributed by atoms with van der Waals surface area (Å²) in [6.07, 6.45) is 6.10. The first-order valence-corrected chi connectivity index (χ1v) is 11.2. The summed E-state index contributed by atoms with van der Waals surface area (Å²) in [6.45, 7) is 0. The first-order chi connectivity index (χ1) is 13.5. The van der Waals surface area contributed by atoms with E-state index in [9.17, 15) is 8.42 Å². The first kappa shape index (κ1) is 17.7. The Bertz CT molecular complexity index is 1190. The van der Waals surface area contributed by atoms with Gasteiger partial charge < -0.3 is 9.26 Å². The summed E-state index contributed by atoms with van der Waals surface area (Å²) >= 11 is 0. The molecule has 0 amide bonds. The molecule has 0 spiro atoms. The number of aromatic nitrogens is 1. The molecule has 0 saturated heterocycles. The van der Waals surface area contributed by atoms with E-state index in [4.69, 9.17) is 14.4 Å². The summed E-state index contributed by atoms with van der Waals surface area (Å²) < 4.78 is 36.2. The van der Waals surface area contributed by atoms with Gasteiger partial charge in [-0.2, -0.15) is 0 Å². The number of nitrogens with two attached hydrogens (primary N) is 1. The normalized spacial score (nSPS) is 16.9. The highest BCUT2D eigenvalue weighted by atomic mass is 32.2. The van der Waals surface area contributed by atoms with Crippen molar-refractivity contribution < 1.29 is 17.7 Å². The highest BCUT2D eigenvalue weighted by molar-refractivity contribution is 7.89. The molecule has 1 heterocycles. The number of aryl methyl sites for hydroxylation is 1. The zero-order chi connectivity index (χ0) is 19.5. The molecule has 7 heteroatoms. The van der Waals surface area contributed by atoms with Gasteiger partial charge >= 0.3 is 0 Å². The fourth-order valence-electron chi connectivity index (χ4n) is 4.35. The summed E-state index contributed by atoms with van der Waals surface area (Å²) in [5, 5.41) is 10.8. The maximum absolute atomic E-state index is 12.6. The topological polar surface area (TPSA) is 95.4 Å². The van der Waals surface area contributed by atoms with Crippen LogP contribution in [0.2, 0.25) is 0 Å². The van der Waals surface area contributed by atoms with Gasteiger partial charge in [0.05, 0.1) is 12.5 Å². The zero-order valence-corrected chi connectivity index (χ0v) is 16.5. The largest absolute Gasteiger partial charge is 0.495 e. The van der Waals surface area contributed by atoms with Gasteiger partial charge in [0, 0.05) is 5.56 Å². The van der Waals surface area contributed by atoms with Crippen molar-refractivity contribution in [3.8, 4) is 17.0 Å². The fourth-order valence-corrected chi connectivity index (χ4v) is 5.28. The molecule has 3 aromatic rings. The van der Waals surface area contributed by atoms with Crippen LogP contribution in [-0.2, 0) is 22.9 Å². The predicted octanol–water partition coefficient (Wildman–Crippen LogP) is 3.91. The predicted molar refractivity (Wildman–Crippen MR) is 106 cm³/mol. The van der Waals surface area contributed by atoms with Crippen LogP contribution in [0.25, 0.3) is 22.2 Å². The smallest absolute Gasteiger partial charge is 0.242 e. The van der Waals surface area contributed by atoms with E-state index in [0.717, 1.165) is 42.2 Å². The highest BCUT2D eigenvalue weighted by Crippen LogP contribution is 2.45. The van der Waals surface area contributed by atoms with E-state index in [-0.39, 0.29) is 10.6 Å². The number of hydrogen-bond donors (Lipinski definition) is 1. The molecule has 1 aromatic heterocycles. The van der Waals surface area contributed by atoms with Crippen LogP contribution in [0.15, 0.2) is 33.7 Å². The number of primary sulfonamides is 1. The summed E-state index contributed by atoms with van der Waals surface area (Å²) in [5.41, 5.74) is 5.06. The fraction of sp³-hybridized carbons (Fsp3) is 0.381. The van der Waals surface area contributed by atoms with Crippen molar-refractivity contribution in [2.45, 2.75) is 49.3 Å². The molecule has 0 atom stereocenters. The van der Waals surface area contributed by atoms with Crippen molar-refractivity contribution in [2.75, 3.05) is 7.11 Å². The van der Waals surface area contributed by atoms with Gasteiger partial charge in [-0.3, -0.25) is 0 Å². The van der Waals surface area contributed by atoms with Crippen LogP contribution < -0.4 is 9.88 Å². The lowest BCUT2D eigenvalue weighted by Gasteiger charge is -2.23. The lowest BCUT2D eigenvalue weighted by molar-refractivity contribution is 0.401. The molecule has 2 N–H and O–H groups in total. The van der Waals surface area contributed by atoms with Gasteiger partial charge in [0.1, 0.15) is 16.3 Å². The minimum Gasteiger partial charge on any atom is -0.495 e. The Hall–Kier alpha value is -2.38. The van der Waals surface area contributed by atoms with Crippen LogP contribution in [0.5, 0.6) is 5.75 Å². The Labute approximate surface area is 163 Å². The van der Waals surface area contributed by atoms with Gasteiger partial charge in [-0.25, -0.2) is 13.6 Å². The maximum atomic E-state index is 12.6. The van der Waals surface area contributed by atoms with Crippen molar-refractivity contribution in [1.29, 1.82) is 0 Å². The molecule has 2 aliphatic rings. The van der Waals surface area contributed by atoms with Gasteiger partial charge in [-0.1, -0.05) is 11.2 Å².